The highest BCUT2D eigenvalue weighted by Gasteiger charge is 2.31. The van der Waals surface area contributed by atoms with Gasteiger partial charge in [0.05, 0.1) is 33.9 Å². The van der Waals surface area contributed by atoms with E-state index in [4.69, 9.17) is 9.72 Å². The summed E-state index contributed by atoms with van der Waals surface area (Å²) >= 11 is 1.27. The molecule has 0 radical (unpaired) electrons. The smallest absolute Gasteiger partial charge is 0.307 e. The molecule has 3 aromatic heterocycles. The molecular weight excluding hydrogens is 494 g/mol. The summed E-state index contributed by atoms with van der Waals surface area (Å²) in [5.41, 5.74) is 6.00. The Hall–Kier alpha value is -3.26. The van der Waals surface area contributed by atoms with Crippen molar-refractivity contribution in [3.8, 4) is 11.3 Å². The molecule has 196 valence electrons. The topological polar surface area (TPSA) is 69.3 Å². The minimum absolute atomic E-state index is 0.0253. The summed E-state index contributed by atoms with van der Waals surface area (Å²) in [4.78, 5) is 18.5. The van der Waals surface area contributed by atoms with Gasteiger partial charge >= 0.3 is 4.87 Å². The average Bonchev–Trinajstić information content (AvgIpc) is 3.36. The lowest BCUT2D eigenvalue weighted by Gasteiger charge is -2.33. The second-order valence-corrected chi connectivity index (χ2v) is 12.1. The fraction of sp³-hybridized carbons (Fsp3) is 0.355. The number of aryl methyl sites for hydroxylation is 1. The van der Waals surface area contributed by atoms with E-state index in [1.165, 1.54) is 16.9 Å². The minimum atomic E-state index is -0.971. The van der Waals surface area contributed by atoms with E-state index in [1.807, 2.05) is 40.1 Å². The predicted molar refractivity (Wildman–Crippen MR) is 154 cm³/mol. The van der Waals surface area contributed by atoms with Gasteiger partial charge in [0.2, 0.25) is 0 Å². The van der Waals surface area contributed by atoms with Gasteiger partial charge < -0.3 is 19.0 Å². The quantitative estimate of drug-likeness (QED) is 0.297. The maximum atomic E-state index is 12.5. The van der Waals surface area contributed by atoms with Crippen molar-refractivity contribution in [2.24, 2.45) is 13.0 Å². The number of ether oxygens (including phenoxy) is 1. The van der Waals surface area contributed by atoms with Crippen LogP contribution >= 0.6 is 11.3 Å². The van der Waals surface area contributed by atoms with Crippen LogP contribution in [0.3, 0.4) is 0 Å². The third-order valence-electron chi connectivity index (χ3n) is 7.93. The Morgan fingerprint density at radius 1 is 1.08 bits per heavy atom. The Balaban J connectivity index is 1.70. The second kappa shape index (κ2) is 9.49. The first-order chi connectivity index (χ1) is 18.2. The van der Waals surface area contributed by atoms with E-state index < -0.39 is 5.60 Å². The van der Waals surface area contributed by atoms with Crippen molar-refractivity contribution in [2.45, 2.75) is 45.3 Å². The maximum absolute atomic E-state index is 12.5. The molecule has 1 atom stereocenters. The Morgan fingerprint density at radius 2 is 1.82 bits per heavy atom. The third-order valence-corrected chi connectivity index (χ3v) is 8.88. The van der Waals surface area contributed by atoms with Crippen LogP contribution in [0.15, 0.2) is 65.6 Å². The molecule has 38 heavy (non-hydrogen) atoms. The second-order valence-electron chi connectivity index (χ2n) is 10.9. The lowest BCUT2D eigenvalue weighted by Crippen LogP contribution is -2.27. The van der Waals surface area contributed by atoms with Crippen LogP contribution < -0.4 is 4.87 Å². The van der Waals surface area contributed by atoms with Gasteiger partial charge in [0.15, 0.2) is 0 Å². The number of hydrogen-bond donors (Lipinski definition) is 1. The fourth-order valence-electron chi connectivity index (χ4n) is 6.00. The van der Waals surface area contributed by atoms with Crippen LogP contribution in [0.4, 0.5) is 0 Å². The number of rotatable bonds is 5. The first-order valence-electron chi connectivity index (χ1n) is 13.2. The molecule has 6 rings (SSSR count). The predicted octanol–water partition coefficient (Wildman–Crippen LogP) is 6.17. The molecule has 6 nitrogen and oxygen atoms in total. The first-order valence-corrected chi connectivity index (χ1v) is 14.0. The summed E-state index contributed by atoms with van der Waals surface area (Å²) in [5.74, 6) is 0.381. The van der Waals surface area contributed by atoms with Gasteiger partial charge in [-0.2, -0.15) is 0 Å². The molecule has 2 aromatic carbocycles. The van der Waals surface area contributed by atoms with Crippen molar-refractivity contribution in [2.75, 3.05) is 13.2 Å². The summed E-state index contributed by atoms with van der Waals surface area (Å²) < 4.78 is 9.91. The van der Waals surface area contributed by atoms with Crippen LogP contribution in [-0.2, 0) is 17.4 Å². The van der Waals surface area contributed by atoms with Gasteiger partial charge in [-0.15, -0.1) is 0 Å². The van der Waals surface area contributed by atoms with Crippen molar-refractivity contribution in [3.63, 3.8) is 0 Å². The van der Waals surface area contributed by atoms with Gasteiger partial charge in [0.1, 0.15) is 0 Å². The van der Waals surface area contributed by atoms with Gasteiger partial charge in [0.25, 0.3) is 0 Å². The fourth-order valence-corrected chi connectivity index (χ4v) is 6.84. The van der Waals surface area contributed by atoms with Crippen LogP contribution in [0, 0.1) is 12.8 Å². The van der Waals surface area contributed by atoms with Crippen molar-refractivity contribution in [1.29, 1.82) is 0 Å². The Kier molecular flexibility index (Phi) is 6.25. The van der Waals surface area contributed by atoms with E-state index in [9.17, 15) is 9.90 Å². The Labute approximate surface area is 226 Å². The minimum Gasteiger partial charge on any atom is -0.386 e. The van der Waals surface area contributed by atoms with E-state index >= 15 is 0 Å². The molecular formula is C31H33N3O3S. The van der Waals surface area contributed by atoms with E-state index in [-0.39, 0.29) is 10.9 Å². The summed E-state index contributed by atoms with van der Waals surface area (Å²) in [6.07, 6.45) is 3.82. The molecule has 0 amide bonds. The third kappa shape index (κ3) is 4.19. The van der Waals surface area contributed by atoms with Crippen LogP contribution in [-0.4, -0.2) is 32.4 Å². The highest BCUT2D eigenvalue weighted by molar-refractivity contribution is 7.09. The van der Waals surface area contributed by atoms with Gasteiger partial charge in [0, 0.05) is 42.3 Å². The van der Waals surface area contributed by atoms with Crippen LogP contribution in [0.25, 0.3) is 33.2 Å². The molecule has 0 saturated carbocycles. The SMILES string of the molecule is Cc1sc(=O)n(C)c1-c1cnc2c3ccc(C(C)(C)O)cc3n(C(c3ccccc3)C3CCOCC3)c2c1. The number of hydrogen-bond acceptors (Lipinski definition) is 5. The lowest BCUT2D eigenvalue weighted by molar-refractivity contribution is 0.0552. The molecule has 0 bridgehead atoms. The van der Waals surface area contributed by atoms with Gasteiger partial charge in [-0.05, 0) is 62.8 Å². The zero-order valence-corrected chi connectivity index (χ0v) is 23.1. The molecule has 1 aliphatic heterocycles. The van der Waals surface area contributed by atoms with Crippen LogP contribution in [0.1, 0.15) is 48.7 Å². The molecule has 5 aromatic rings. The molecule has 4 heterocycles. The van der Waals surface area contributed by atoms with Crippen molar-refractivity contribution >= 4 is 33.3 Å². The molecule has 7 heteroatoms. The van der Waals surface area contributed by atoms with Gasteiger partial charge in [-0.3, -0.25) is 9.78 Å². The first kappa shape index (κ1) is 25.0. The zero-order valence-electron chi connectivity index (χ0n) is 22.3. The summed E-state index contributed by atoms with van der Waals surface area (Å²) in [6.45, 7) is 7.14. The largest absolute Gasteiger partial charge is 0.386 e. The van der Waals surface area contributed by atoms with E-state index in [0.717, 1.165) is 69.7 Å². The maximum Gasteiger partial charge on any atom is 0.307 e. The van der Waals surface area contributed by atoms with Crippen molar-refractivity contribution in [3.05, 3.63) is 86.5 Å². The summed E-state index contributed by atoms with van der Waals surface area (Å²) in [6, 6.07) is 19.2. The van der Waals surface area contributed by atoms with Crippen LogP contribution in [0.2, 0.25) is 0 Å². The van der Waals surface area contributed by atoms with E-state index in [2.05, 4.69) is 53.1 Å². The summed E-state index contributed by atoms with van der Waals surface area (Å²) in [5, 5.41) is 12.0. The van der Waals surface area contributed by atoms with Crippen molar-refractivity contribution in [1.82, 2.24) is 14.1 Å². The number of nitrogens with zero attached hydrogens (tertiary/aromatic N) is 3. The molecule has 1 unspecified atom stereocenters. The van der Waals surface area contributed by atoms with E-state index in [0.29, 0.717) is 5.92 Å². The Bertz CT molecular complexity index is 1690. The highest BCUT2D eigenvalue weighted by Crippen LogP contribution is 2.42. The normalized spacial score (nSPS) is 15.9. The number of aliphatic hydroxyl groups is 1. The summed E-state index contributed by atoms with van der Waals surface area (Å²) in [7, 11) is 1.82. The monoisotopic (exact) mass is 527 g/mol. The Morgan fingerprint density at radius 3 is 2.47 bits per heavy atom. The van der Waals surface area contributed by atoms with Crippen molar-refractivity contribution < 1.29 is 9.84 Å². The number of thiazole rings is 1. The molecule has 1 fully saturated rings. The number of aromatic nitrogens is 3. The molecule has 0 aliphatic carbocycles. The molecule has 1 N–H and O–H groups in total. The standard InChI is InChI=1S/C31H33N3O3S/c1-19-28(33(4)30(35)38-19)22-16-26-27(32-18-22)24-11-10-23(31(2,3)36)17-25(24)34(26)29(20-8-6-5-7-9-20)21-12-14-37-15-13-21/h5-11,16-18,21,29,36H,12-15H2,1-4H3. The van der Waals surface area contributed by atoms with Crippen LogP contribution in [0.5, 0.6) is 0 Å². The van der Waals surface area contributed by atoms with Gasteiger partial charge in [-0.25, -0.2) is 0 Å². The van der Waals surface area contributed by atoms with Gasteiger partial charge in [-0.1, -0.05) is 53.8 Å². The number of benzene rings is 2. The molecule has 0 spiro atoms. The van der Waals surface area contributed by atoms with E-state index in [1.54, 1.807) is 4.57 Å². The number of pyridine rings is 1. The zero-order chi connectivity index (χ0) is 26.6. The highest BCUT2D eigenvalue weighted by atomic mass is 32.1. The molecule has 1 saturated heterocycles. The molecule has 1 aliphatic rings. The lowest BCUT2D eigenvalue weighted by atomic mass is 9.86. The average molecular weight is 528 g/mol. The number of fused-ring (bicyclic) bond motifs is 3.